The van der Waals surface area contributed by atoms with E-state index in [0.717, 1.165) is 5.56 Å². The summed E-state index contributed by atoms with van der Waals surface area (Å²) in [5.74, 6) is 0.324. The number of aromatic hydroxyl groups is 1. The maximum Gasteiger partial charge on any atom is 0.223 e. The molecule has 3 aromatic rings. The Morgan fingerprint density at radius 2 is 2.04 bits per heavy atom. The average Bonchev–Trinajstić information content (AvgIpc) is 3.07. The zero-order chi connectivity index (χ0) is 17.4. The van der Waals surface area contributed by atoms with Crippen LogP contribution in [0.2, 0.25) is 0 Å². The molecule has 0 saturated heterocycles. The Morgan fingerprint density at radius 1 is 1.24 bits per heavy atom. The fraction of sp³-hybridized carbons (Fsp3) is 0.222. The quantitative estimate of drug-likeness (QED) is 0.695. The number of rotatable bonds is 3. The SMILES string of the molecule is CSc1nc2n(n1)C(c1ccccc1)CC(c1cc(F)ccc1O)N2. The summed E-state index contributed by atoms with van der Waals surface area (Å²) < 4.78 is 15.6. The molecule has 2 atom stereocenters. The van der Waals surface area contributed by atoms with Gasteiger partial charge in [0.25, 0.3) is 0 Å². The van der Waals surface area contributed by atoms with Crippen LogP contribution in [0.15, 0.2) is 53.7 Å². The number of benzene rings is 2. The van der Waals surface area contributed by atoms with Crippen LogP contribution in [-0.4, -0.2) is 26.1 Å². The molecule has 4 rings (SSSR count). The standard InChI is InChI=1S/C18H17FN4OS/c1-25-18-21-17-20-14(13-9-12(19)7-8-16(13)24)10-15(23(17)22-18)11-5-3-2-4-6-11/h2-9,14-15,24H,10H2,1H3,(H,20,21,22). The van der Waals surface area contributed by atoms with E-state index in [1.54, 1.807) is 0 Å². The van der Waals surface area contributed by atoms with Gasteiger partial charge >= 0.3 is 0 Å². The second-order valence-corrected chi connectivity index (χ2v) is 6.70. The van der Waals surface area contributed by atoms with Crippen LogP contribution in [0.5, 0.6) is 5.75 Å². The van der Waals surface area contributed by atoms with Crippen LogP contribution in [0, 0.1) is 5.82 Å². The van der Waals surface area contributed by atoms with Crippen molar-refractivity contribution in [3.63, 3.8) is 0 Å². The van der Waals surface area contributed by atoms with E-state index in [4.69, 9.17) is 0 Å². The van der Waals surface area contributed by atoms with Gasteiger partial charge in [-0.1, -0.05) is 42.1 Å². The van der Waals surface area contributed by atoms with Crippen molar-refractivity contribution in [3.05, 3.63) is 65.5 Å². The van der Waals surface area contributed by atoms with Crippen LogP contribution in [0.4, 0.5) is 10.3 Å². The van der Waals surface area contributed by atoms with Gasteiger partial charge in [0.05, 0.1) is 12.1 Å². The molecule has 5 nitrogen and oxygen atoms in total. The first-order valence-corrected chi connectivity index (χ1v) is 9.18. The minimum absolute atomic E-state index is 0.0430. The summed E-state index contributed by atoms with van der Waals surface area (Å²) in [6, 6.07) is 13.7. The van der Waals surface area contributed by atoms with Crippen LogP contribution in [-0.2, 0) is 0 Å². The van der Waals surface area contributed by atoms with E-state index in [2.05, 4.69) is 15.4 Å². The Hall–Kier alpha value is -2.54. The molecular weight excluding hydrogens is 339 g/mol. The molecule has 0 amide bonds. The highest BCUT2D eigenvalue weighted by Crippen LogP contribution is 2.40. The zero-order valence-corrected chi connectivity index (χ0v) is 14.4. The highest BCUT2D eigenvalue weighted by Gasteiger charge is 2.32. The molecule has 0 aliphatic carbocycles. The lowest BCUT2D eigenvalue weighted by atomic mass is 9.93. The van der Waals surface area contributed by atoms with Crippen LogP contribution in [0.3, 0.4) is 0 Å². The lowest BCUT2D eigenvalue weighted by Crippen LogP contribution is -2.28. The summed E-state index contributed by atoms with van der Waals surface area (Å²) in [5, 5.41) is 18.7. The number of phenolic OH excluding ortho intramolecular Hbond substituents is 1. The summed E-state index contributed by atoms with van der Waals surface area (Å²) in [6.45, 7) is 0. The summed E-state index contributed by atoms with van der Waals surface area (Å²) in [7, 11) is 0. The van der Waals surface area contributed by atoms with E-state index < -0.39 is 0 Å². The van der Waals surface area contributed by atoms with Gasteiger partial charge in [0, 0.05) is 5.56 Å². The van der Waals surface area contributed by atoms with E-state index in [1.807, 2.05) is 41.3 Å². The normalized spacial score (nSPS) is 19.3. The lowest BCUT2D eigenvalue weighted by Gasteiger charge is -2.32. The second kappa shape index (κ2) is 6.40. The molecule has 1 aliphatic heterocycles. The maximum atomic E-state index is 13.7. The smallest absolute Gasteiger partial charge is 0.223 e. The molecule has 2 N–H and O–H groups in total. The third-order valence-electron chi connectivity index (χ3n) is 4.40. The van der Waals surface area contributed by atoms with Crippen LogP contribution in [0.1, 0.15) is 29.6 Å². The van der Waals surface area contributed by atoms with Gasteiger partial charge in [0.15, 0.2) is 0 Å². The fourth-order valence-corrected chi connectivity index (χ4v) is 3.55. The number of nitrogens with one attached hydrogen (secondary N) is 1. The van der Waals surface area contributed by atoms with Gasteiger partial charge in [-0.15, -0.1) is 5.10 Å². The van der Waals surface area contributed by atoms with E-state index in [-0.39, 0.29) is 23.7 Å². The molecule has 0 radical (unpaired) electrons. The number of anilines is 1. The number of hydrogen-bond acceptors (Lipinski definition) is 5. The van der Waals surface area contributed by atoms with E-state index in [0.29, 0.717) is 23.1 Å². The highest BCUT2D eigenvalue weighted by atomic mass is 32.2. The van der Waals surface area contributed by atoms with Crippen LogP contribution in [0.25, 0.3) is 0 Å². The number of phenols is 1. The van der Waals surface area contributed by atoms with E-state index in [9.17, 15) is 9.50 Å². The minimum Gasteiger partial charge on any atom is -0.508 e. The monoisotopic (exact) mass is 356 g/mol. The van der Waals surface area contributed by atoms with Gasteiger partial charge in [0.1, 0.15) is 11.6 Å². The zero-order valence-electron chi connectivity index (χ0n) is 13.6. The highest BCUT2D eigenvalue weighted by molar-refractivity contribution is 7.98. The Labute approximate surface area is 148 Å². The number of fused-ring (bicyclic) bond motifs is 1. The molecule has 128 valence electrons. The van der Waals surface area contributed by atoms with Crippen molar-refractivity contribution >= 4 is 17.7 Å². The molecule has 0 fully saturated rings. The number of hydrogen-bond donors (Lipinski definition) is 2. The lowest BCUT2D eigenvalue weighted by molar-refractivity contribution is 0.409. The van der Waals surface area contributed by atoms with Crippen LogP contribution >= 0.6 is 11.8 Å². The summed E-state index contributed by atoms with van der Waals surface area (Å²) in [5.41, 5.74) is 1.63. The van der Waals surface area contributed by atoms with Crippen molar-refractivity contribution in [3.8, 4) is 5.75 Å². The Morgan fingerprint density at radius 3 is 2.80 bits per heavy atom. The number of thioether (sulfide) groups is 1. The summed E-state index contributed by atoms with van der Waals surface area (Å²) in [6.07, 6.45) is 2.56. The van der Waals surface area contributed by atoms with Gasteiger partial charge < -0.3 is 10.4 Å². The van der Waals surface area contributed by atoms with Gasteiger partial charge in [-0.25, -0.2) is 9.07 Å². The number of halogens is 1. The van der Waals surface area contributed by atoms with Crippen molar-refractivity contribution < 1.29 is 9.50 Å². The van der Waals surface area contributed by atoms with Gasteiger partial charge in [-0.3, -0.25) is 0 Å². The third-order valence-corrected chi connectivity index (χ3v) is 4.94. The first-order chi connectivity index (χ1) is 12.2. The molecule has 0 bridgehead atoms. The summed E-state index contributed by atoms with van der Waals surface area (Å²) in [4.78, 5) is 4.50. The van der Waals surface area contributed by atoms with Crippen molar-refractivity contribution in [2.24, 2.45) is 0 Å². The Kier molecular flexibility index (Phi) is 4.09. The van der Waals surface area contributed by atoms with Crippen molar-refractivity contribution in [1.82, 2.24) is 14.8 Å². The minimum atomic E-state index is -0.372. The Bertz CT molecular complexity index is 899. The topological polar surface area (TPSA) is 63.0 Å². The predicted molar refractivity (Wildman–Crippen MR) is 95.4 cm³/mol. The number of aromatic nitrogens is 3. The van der Waals surface area contributed by atoms with Crippen molar-refractivity contribution in [2.75, 3.05) is 11.6 Å². The van der Waals surface area contributed by atoms with E-state index in [1.165, 1.54) is 30.0 Å². The maximum absolute atomic E-state index is 13.7. The first kappa shape index (κ1) is 16.0. The molecule has 2 aromatic carbocycles. The van der Waals surface area contributed by atoms with Crippen molar-refractivity contribution in [2.45, 2.75) is 23.7 Å². The fourth-order valence-electron chi connectivity index (χ4n) is 3.21. The predicted octanol–water partition coefficient (Wildman–Crippen LogP) is 3.99. The molecule has 25 heavy (non-hydrogen) atoms. The average molecular weight is 356 g/mol. The largest absolute Gasteiger partial charge is 0.508 e. The molecule has 0 spiro atoms. The second-order valence-electron chi connectivity index (χ2n) is 5.93. The van der Waals surface area contributed by atoms with Gasteiger partial charge in [-0.05, 0) is 36.4 Å². The summed E-state index contributed by atoms with van der Waals surface area (Å²) >= 11 is 1.47. The third kappa shape index (κ3) is 2.95. The Balaban J connectivity index is 1.79. The molecule has 2 heterocycles. The molecule has 1 aliphatic rings. The number of nitrogens with zero attached hydrogens (tertiary/aromatic N) is 3. The van der Waals surface area contributed by atoms with E-state index >= 15 is 0 Å². The van der Waals surface area contributed by atoms with Crippen molar-refractivity contribution in [1.29, 1.82) is 0 Å². The molecule has 0 saturated carbocycles. The molecular formula is C18H17FN4OS. The van der Waals surface area contributed by atoms with Gasteiger partial charge in [0.2, 0.25) is 11.1 Å². The van der Waals surface area contributed by atoms with Crippen LogP contribution < -0.4 is 5.32 Å². The van der Waals surface area contributed by atoms with Gasteiger partial charge in [-0.2, -0.15) is 4.98 Å². The molecule has 2 unspecified atom stereocenters. The molecule has 7 heteroatoms. The molecule has 1 aromatic heterocycles. The first-order valence-electron chi connectivity index (χ1n) is 7.96.